The molecule has 5 heteroatoms. The molecule has 0 aliphatic heterocycles. The van der Waals surface area contributed by atoms with Gasteiger partial charge in [0.25, 0.3) is 0 Å². The van der Waals surface area contributed by atoms with Gasteiger partial charge in [0.15, 0.2) is 0 Å². The molecule has 0 heterocycles. The highest BCUT2D eigenvalue weighted by molar-refractivity contribution is 7.89. The van der Waals surface area contributed by atoms with Crippen LogP contribution < -0.4 is 9.46 Å². The van der Waals surface area contributed by atoms with Crippen LogP contribution in [0.1, 0.15) is 51.8 Å². The van der Waals surface area contributed by atoms with E-state index in [1.165, 1.54) is 5.56 Å². The minimum absolute atomic E-state index is 0.0730. The van der Waals surface area contributed by atoms with Gasteiger partial charge in [-0.2, -0.15) is 0 Å². The van der Waals surface area contributed by atoms with E-state index in [0.717, 1.165) is 5.56 Å². The molecular weight excluding hydrogens is 334 g/mol. The summed E-state index contributed by atoms with van der Waals surface area (Å²) in [5.41, 5.74) is 2.23. The number of rotatable bonds is 6. The normalized spacial score (nSPS) is 13.5. The van der Waals surface area contributed by atoms with Gasteiger partial charge in [-0.15, -0.1) is 0 Å². The topological polar surface area (TPSA) is 55.4 Å². The van der Waals surface area contributed by atoms with Gasteiger partial charge >= 0.3 is 0 Å². The standard InChI is InChI=1S/C20H27NO3S/c1-6-24-18-11-13-19(14-12-18)25(22,23)21-15(2)16-7-9-17(10-8-16)20(3,4)5/h7-15,21H,6H2,1-5H3/t15-/m0/s1. The largest absolute Gasteiger partial charge is 0.494 e. The van der Waals surface area contributed by atoms with Gasteiger partial charge in [-0.05, 0) is 54.7 Å². The van der Waals surface area contributed by atoms with Crippen LogP contribution in [-0.2, 0) is 15.4 Å². The van der Waals surface area contributed by atoms with E-state index in [0.29, 0.717) is 12.4 Å². The Morgan fingerprint density at radius 1 is 1.00 bits per heavy atom. The average Bonchev–Trinajstić information content (AvgIpc) is 2.54. The van der Waals surface area contributed by atoms with E-state index < -0.39 is 10.0 Å². The summed E-state index contributed by atoms with van der Waals surface area (Å²) in [6.07, 6.45) is 0. The summed E-state index contributed by atoms with van der Waals surface area (Å²) in [5, 5.41) is 0. The average molecular weight is 362 g/mol. The second-order valence-corrected chi connectivity index (χ2v) is 8.83. The van der Waals surface area contributed by atoms with Crippen molar-refractivity contribution in [3.05, 3.63) is 59.7 Å². The summed E-state index contributed by atoms with van der Waals surface area (Å²) >= 11 is 0. The molecule has 0 saturated heterocycles. The second kappa shape index (κ2) is 7.58. The fourth-order valence-corrected chi connectivity index (χ4v) is 3.75. The molecule has 1 N–H and O–H groups in total. The van der Waals surface area contributed by atoms with Gasteiger partial charge in [0.05, 0.1) is 11.5 Å². The van der Waals surface area contributed by atoms with Crippen LogP contribution in [0.25, 0.3) is 0 Å². The molecule has 0 radical (unpaired) electrons. The first-order valence-corrected chi connectivity index (χ1v) is 9.97. The minimum atomic E-state index is -3.58. The maximum absolute atomic E-state index is 12.6. The van der Waals surface area contributed by atoms with Gasteiger partial charge in [0, 0.05) is 6.04 Å². The van der Waals surface area contributed by atoms with E-state index in [1.54, 1.807) is 24.3 Å². The molecule has 0 fully saturated rings. The van der Waals surface area contributed by atoms with Crippen molar-refractivity contribution >= 4 is 10.0 Å². The lowest BCUT2D eigenvalue weighted by Gasteiger charge is -2.20. The zero-order valence-corrected chi connectivity index (χ0v) is 16.4. The molecule has 2 aromatic rings. The van der Waals surface area contributed by atoms with Gasteiger partial charge in [0.2, 0.25) is 10.0 Å². The van der Waals surface area contributed by atoms with Crippen molar-refractivity contribution in [2.75, 3.05) is 6.61 Å². The number of hydrogen-bond acceptors (Lipinski definition) is 3. The molecule has 136 valence electrons. The number of nitrogens with one attached hydrogen (secondary N) is 1. The van der Waals surface area contributed by atoms with E-state index in [2.05, 4.69) is 37.6 Å². The highest BCUT2D eigenvalue weighted by Crippen LogP contribution is 2.25. The smallest absolute Gasteiger partial charge is 0.241 e. The first kappa shape index (κ1) is 19.5. The van der Waals surface area contributed by atoms with Crippen LogP contribution in [0.2, 0.25) is 0 Å². The molecule has 2 aromatic carbocycles. The Kier molecular flexibility index (Phi) is 5.91. The quantitative estimate of drug-likeness (QED) is 0.828. The molecule has 0 saturated carbocycles. The predicted octanol–water partition coefficient (Wildman–Crippen LogP) is 4.42. The number of benzene rings is 2. The fraction of sp³-hybridized carbons (Fsp3) is 0.400. The number of sulfonamides is 1. The predicted molar refractivity (Wildman–Crippen MR) is 101 cm³/mol. The van der Waals surface area contributed by atoms with Crippen molar-refractivity contribution in [1.82, 2.24) is 4.72 Å². The summed E-state index contributed by atoms with van der Waals surface area (Å²) < 4.78 is 33.2. The molecule has 1 atom stereocenters. The van der Waals surface area contributed by atoms with E-state index in [-0.39, 0.29) is 16.4 Å². The molecule has 0 unspecified atom stereocenters. The third-order valence-corrected chi connectivity index (χ3v) is 5.61. The van der Waals surface area contributed by atoms with Crippen LogP contribution in [-0.4, -0.2) is 15.0 Å². The summed E-state index contributed by atoms with van der Waals surface area (Å²) in [6, 6.07) is 14.2. The monoisotopic (exact) mass is 361 g/mol. The van der Waals surface area contributed by atoms with Gasteiger partial charge in [-0.3, -0.25) is 0 Å². The molecule has 25 heavy (non-hydrogen) atoms. The molecule has 0 bridgehead atoms. The molecule has 0 aliphatic rings. The van der Waals surface area contributed by atoms with Crippen LogP contribution in [0.3, 0.4) is 0 Å². The summed E-state index contributed by atoms with van der Waals surface area (Å²) in [5.74, 6) is 0.660. The third kappa shape index (κ3) is 5.06. The Bertz CT molecular complexity index is 788. The highest BCUT2D eigenvalue weighted by Gasteiger charge is 2.19. The Balaban J connectivity index is 2.14. The van der Waals surface area contributed by atoms with Crippen molar-refractivity contribution in [2.24, 2.45) is 0 Å². The van der Waals surface area contributed by atoms with Crippen LogP contribution in [0.5, 0.6) is 5.75 Å². The van der Waals surface area contributed by atoms with Crippen molar-refractivity contribution in [3.8, 4) is 5.75 Å². The molecule has 0 spiro atoms. The fourth-order valence-electron chi connectivity index (χ4n) is 2.52. The molecule has 0 aromatic heterocycles. The molecule has 0 amide bonds. The molecular formula is C20H27NO3S. The van der Waals surface area contributed by atoms with Crippen LogP contribution in [0, 0.1) is 0 Å². The lowest BCUT2D eigenvalue weighted by Crippen LogP contribution is -2.27. The van der Waals surface area contributed by atoms with Crippen LogP contribution in [0.15, 0.2) is 53.4 Å². The third-order valence-electron chi connectivity index (χ3n) is 4.05. The van der Waals surface area contributed by atoms with Gasteiger partial charge in [-0.25, -0.2) is 13.1 Å². The molecule has 4 nitrogen and oxygen atoms in total. The zero-order valence-electron chi connectivity index (χ0n) is 15.5. The number of ether oxygens (including phenoxy) is 1. The van der Waals surface area contributed by atoms with E-state index >= 15 is 0 Å². The first-order valence-electron chi connectivity index (χ1n) is 8.49. The summed E-state index contributed by atoms with van der Waals surface area (Å²) in [4.78, 5) is 0.231. The molecule has 2 rings (SSSR count). The Morgan fingerprint density at radius 2 is 1.56 bits per heavy atom. The van der Waals surface area contributed by atoms with Crippen molar-refractivity contribution in [3.63, 3.8) is 0 Å². The first-order chi connectivity index (χ1) is 11.6. The summed E-state index contributed by atoms with van der Waals surface area (Å²) in [6.45, 7) is 10.7. The Hall–Kier alpha value is -1.85. The lowest BCUT2D eigenvalue weighted by molar-refractivity contribution is 0.340. The maximum atomic E-state index is 12.6. The summed E-state index contributed by atoms with van der Waals surface area (Å²) in [7, 11) is -3.58. The zero-order chi connectivity index (χ0) is 18.7. The lowest BCUT2D eigenvalue weighted by atomic mass is 9.86. The number of hydrogen-bond donors (Lipinski definition) is 1. The van der Waals surface area contributed by atoms with Crippen LogP contribution >= 0.6 is 0 Å². The molecule has 0 aliphatic carbocycles. The van der Waals surface area contributed by atoms with Crippen molar-refractivity contribution in [2.45, 2.75) is 51.0 Å². The highest BCUT2D eigenvalue weighted by atomic mass is 32.2. The maximum Gasteiger partial charge on any atom is 0.241 e. The Morgan fingerprint density at radius 3 is 2.04 bits per heavy atom. The SMILES string of the molecule is CCOc1ccc(S(=O)(=O)N[C@@H](C)c2ccc(C(C)(C)C)cc2)cc1. The van der Waals surface area contributed by atoms with E-state index in [9.17, 15) is 8.42 Å². The van der Waals surface area contributed by atoms with E-state index in [4.69, 9.17) is 4.74 Å². The minimum Gasteiger partial charge on any atom is -0.494 e. The Labute approximate surface area is 151 Å². The van der Waals surface area contributed by atoms with Crippen molar-refractivity contribution < 1.29 is 13.2 Å². The van der Waals surface area contributed by atoms with Gasteiger partial charge in [0.1, 0.15) is 5.75 Å². The second-order valence-electron chi connectivity index (χ2n) is 7.12. The van der Waals surface area contributed by atoms with Crippen molar-refractivity contribution in [1.29, 1.82) is 0 Å². The van der Waals surface area contributed by atoms with Crippen LogP contribution in [0.4, 0.5) is 0 Å². The van der Waals surface area contributed by atoms with Gasteiger partial charge < -0.3 is 4.74 Å². The van der Waals surface area contributed by atoms with Gasteiger partial charge in [-0.1, -0.05) is 45.0 Å². The van der Waals surface area contributed by atoms with E-state index in [1.807, 2.05) is 26.0 Å².